The van der Waals surface area contributed by atoms with Gasteiger partial charge in [0.25, 0.3) is 0 Å². The average Bonchev–Trinajstić information content (AvgIpc) is 2.30. The Kier molecular flexibility index (Phi) is 5.86. The number of rotatable bonds is 6. The van der Waals surface area contributed by atoms with Gasteiger partial charge in [-0.3, -0.25) is 4.79 Å². The lowest BCUT2D eigenvalue weighted by molar-refractivity contribution is -0.112. The van der Waals surface area contributed by atoms with Crippen molar-refractivity contribution in [1.82, 2.24) is 5.32 Å². The zero-order valence-electron chi connectivity index (χ0n) is 10.5. The molecule has 0 aromatic heterocycles. The van der Waals surface area contributed by atoms with Gasteiger partial charge >= 0.3 is 0 Å². The normalized spacial score (nSPS) is 11.1. The lowest BCUT2D eigenvalue weighted by atomic mass is 10.3. The molecule has 0 atom stereocenters. The number of para-hydroxylation sites is 1. The number of nitrogens with one attached hydrogen (secondary N) is 2. The maximum Gasteiger partial charge on any atom is 0.250 e. The smallest absolute Gasteiger partial charge is 0.250 e. The Hall–Kier alpha value is -1.77. The summed E-state index contributed by atoms with van der Waals surface area (Å²) in [6, 6.07) is 9.44. The summed E-state index contributed by atoms with van der Waals surface area (Å²) in [6.07, 6.45) is 3.85. The van der Waals surface area contributed by atoms with Gasteiger partial charge in [-0.25, -0.2) is 0 Å². The molecule has 0 radical (unpaired) electrons. The van der Waals surface area contributed by atoms with E-state index < -0.39 is 0 Å². The zero-order chi connectivity index (χ0) is 12.5. The van der Waals surface area contributed by atoms with Crippen LogP contribution in [-0.2, 0) is 4.79 Å². The molecule has 1 rings (SSSR count). The highest BCUT2D eigenvalue weighted by atomic mass is 16.1. The van der Waals surface area contributed by atoms with E-state index in [4.69, 9.17) is 0 Å². The standard InChI is InChI=1S/C14H20N2O/c1-3-4-10-15-12(2)11-14(17)16-13-8-6-5-7-9-13/h5-9,11,15H,3-4,10H2,1-2H3,(H,16,17)/b12-11-. The highest BCUT2D eigenvalue weighted by molar-refractivity contribution is 5.99. The van der Waals surface area contributed by atoms with Gasteiger partial charge in [0.1, 0.15) is 0 Å². The van der Waals surface area contributed by atoms with Crippen molar-refractivity contribution in [2.45, 2.75) is 26.7 Å². The maximum atomic E-state index is 11.6. The van der Waals surface area contributed by atoms with E-state index in [2.05, 4.69) is 17.6 Å². The van der Waals surface area contributed by atoms with E-state index in [0.29, 0.717) is 0 Å². The first kappa shape index (κ1) is 13.3. The number of hydrogen-bond acceptors (Lipinski definition) is 2. The fourth-order valence-electron chi connectivity index (χ4n) is 1.41. The number of hydrogen-bond donors (Lipinski definition) is 2. The number of allylic oxidation sites excluding steroid dienone is 1. The molecule has 0 aliphatic carbocycles. The number of carbonyl (C=O) groups is 1. The van der Waals surface area contributed by atoms with Crippen LogP contribution in [0.3, 0.4) is 0 Å². The summed E-state index contributed by atoms with van der Waals surface area (Å²) >= 11 is 0. The van der Waals surface area contributed by atoms with Crippen molar-refractivity contribution < 1.29 is 4.79 Å². The fourth-order valence-corrected chi connectivity index (χ4v) is 1.41. The van der Waals surface area contributed by atoms with Crippen molar-refractivity contribution in [3.05, 3.63) is 42.1 Å². The fraction of sp³-hybridized carbons (Fsp3) is 0.357. The Balaban J connectivity index is 2.40. The van der Waals surface area contributed by atoms with Gasteiger partial charge in [-0.05, 0) is 25.5 Å². The second-order valence-corrected chi connectivity index (χ2v) is 3.96. The summed E-state index contributed by atoms with van der Waals surface area (Å²) < 4.78 is 0. The minimum absolute atomic E-state index is 0.0994. The second-order valence-electron chi connectivity index (χ2n) is 3.96. The molecule has 0 aliphatic rings. The molecule has 0 fully saturated rings. The largest absolute Gasteiger partial charge is 0.388 e. The SMILES string of the molecule is CCCCN/C(C)=C\C(=O)Nc1ccccc1. The lowest BCUT2D eigenvalue weighted by Crippen LogP contribution is -2.16. The van der Waals surface area contributed by atoms with Crippen LogP contribution in [0.4, 0.5) is 5.69 Å². The van der Waals surface area contributed by atoms with E-state index in [-0.39, 0.29) is 5.91 Å². The average molecular weight is 232 g/mol. The molecule has 1 aromatic rings. The molecule has 17 heavy (non-hydrogen) atoms. The van der Waals surface area contributed by atoms with Crippen molar-refractivity contribution in [3.8, 4) is 0 Å². The van der Waals surface area contributed by atoms with Crippen molar-refractivity contribution in [2.75, 3.05) is 11.9 Å². The molecule has 1 amide bonds. The van der Waals surface area contributed by atoms with Crippen LogP contribution < -0.4 is 10.6 Å². The van der Waals surface area contributed by atoms with Crippen LogP contribution in [0.25, 0.3) is 0 Å². The molecule has 0 saturated heterocycles. The molecule has 0 heterocycles. The lowest BCUT2D eigenvalue weighted by Gasteiger charge is -2.06. The maximum absolute atomic E-state index is 11.6. The number of unbranched alkanes of at least 4 members (excludes halogenated alkanes) is 1. The summed E-state index contributed by atoms with van der Waals surface area (Å²) in [5.41, 5.74) is 1.71. The van der Waals surface area contributed by atoms with Crippen LogP contribution in [-0.4, -0.2) is 12.5 Å². The molecule has 0 spiro atoms. The molecule has 0 unspecified atom stereocenters. The van der Waals surface area contributed by atoms with Crippen LogP contribution >= 0.6 is 0 Å². The molecule has 2 N–H and O–H groups in total. The minimum Gasteiger partial charge on any atom is -0.388 e. The van der Waals surface area contributed by atoms with E-state index in [0.717, 1.165) is 30.8 Å². The summed E-state index contributed by atoms with van der Waals surface area (Å²) in [7, 11) is 0. The molecular weight excluding hydrogens is 212 g/mol. The Morgan fingerprint density at radius 2 is 2.00 bits per heavy atom. The molecule has 0 saturated carbocycles. The van der Waals surface area contributed by atoms with Gasteiger partial charge in [0, 0.05) is 24.0 Å². The topological polar surface area (TPSA) is 41.1 Å². The van der Waals surface area contributed by atoms with Crippen LogP contribution in [0, 0.1) is 0 Å². The Morgan fingerprint density at radius 1 is 1.29 bits per heavy atom. The van der Waals surface area contributed by atoms with Crippen molar-refractivity contribution in [2.24, 2.45) is 0 Å². The van der Waals surface area contributed by atoms with Gasteiger partial charge in [-0.15, -0.1) is 0 Å². The van der Waals surface area contributed by atoms with E-state index in [1.807, 2.05) is 37.3 Å². The third kappa shape index (κ3) is 5.76. The zero-order valence-corrected chi connectivity index (χ0v) is 10.5. The number of carbonyl (C=O) groups excluding carboxylic acids is 1. The van der Waals surface area contributed by atoms with E-state index in [9.17, 15) is 4.79 Å². The van der Waals surface area contributed by atoms with Gasteiger partial charge in [0.05, 0.1) is 0 Å². The highest BCUT2D eigenvalue weighted by Crippen LogP contribution is 2.05. The number of anilines is 1. The third-order valence-electron chi connectivity index (χ3n) is 2.32. The summed E-state index contributed by atoms with van der Waals surface area (Å²) in [6.45, 7) is 4.96. The quantitative estimate of drug-likeness (QED) is 0.585. The Labute approximate surface area is 103 Å². The van der Waals surface area contributed by atoms with Crippen LogP contribution in [0.5, 0.6) is 0 Å². The van der Waals surface area contributed by atoms with E-state index >= 15 is 0 Å². The first-order chi connectivity index (χ1) is 8.22. The minimum atomic E-state index is -0.0994. The molecule has 0 bridgehead atoms. The van der Waals surface area contributed by atoms with Crippen LogP contribution in [0.2, 0.25) is 0 Å². The monoisotopic (exact) mass is 232 g/mol. The van der Waals surface area contributed by atoms with Crippen molar-refractivity contribution in [1.29, 1.82) is 0 Å². The molecule has 0 aliphatic heterocycles. The van der Waals surface area contributed by atoms with Gasteiger partial charge in [0.2, 0.25) is 5.91 Å². The van der Waals surface area contributed by atoms with Gasteiger partial charge in [0.15, 0.2) is 0 Å². The molecule has 1 aromatic carbocycles. The van der Waals surface area contributed by atoms with Crippen LogP contribution in [0.15, 0.2) is 42.1 Å². The van der Waals surface area contributed by atoms with Gasteiger partial charge in [-0.2, -0.15) is 0 Å². The van der Waals surface area contributed by atoms with Crippen molar-refractivity contribution in [3.63, 3.8) is 0 Å². The molecule has 3 heteroatoms. The van der Waals surface area contributed by atoms with Gasteiger partial charge in [-0.1, -0.05) is 31.5 Å². The summed E-state index contributed by atoms with van der Waals surface area (Å²) in [5, 5.41) is 6.01. The van der Waals surface area contributed by atoms with Gasteiger partial charge < -0.3 is 10.6 Å². The van der Waals surface area contributed by atoms with Crippen molar-refractivity contribution >= 4 is 11.6 Å². The first-order valence-corrected chi connectivity index (χ1v) is 6.00. The number of amides is 1. The Bertz CT molecular complexity index is 371. The first-order valence-electron chi connectivity index (χ1n) is 6.00. The van der Waals surface area contributed by atoms with E-state index in [1.165, 1.54) is 0 Å². The summed E-state index contributed by atoms with van der Waals surface area (Å²) in [5.74, 6) is -0.0994. The number of benzene rings is 1. The molecule has 92 valence electrons. The molecular formula is C14H20N2O. The summed E-state index contributed by atoms with van der Waals surface area (Å²) in [4.78, 5) is 11.6. The van der Waals surface area contributed by atoms with Crippen LogP contribution in [0.1, 0.15) is 26.7 Å². The second kappa shape index (κ2) is 7.49. The predicted molar refractivity (Wildman–Crippen MR) is 71.7 cm³/mol. The third-order valence-corrected chi connectivity index (χ3v) is 2.32. The predicted octanol–water partition coefficient (Wildman–Crippen LogP) is 2.92. The Morgan fingerprint density at radius 3 is 2.65 bits per heavy atom. The highest BCUT2D eigenvalue weighted by Gasteiger charge is 1.98. The van der Waals surface area contributed by atoms with E-state index in [1.54, 1.807) is 6.08 Å². The molecule has 3 nitrogen and oxygen atoms in total.